The van der Waals surface area contributed by atoms with E-state index in [0.717, 1.165) is 37.1 Å². The highest BCUT2D eigenvalue weighted by Crippen LogP contribution is 2.09. The molecule has 0 bridgehead atoms. The van der Waals surface area contributed by atoms with Crippen molar-refractivity contribution in [2.45, 2.75) is 31.7 Å². The normalized spacial score (nSPS) is 12.0. The van der Waals surface area contributed by atoms with Gasteiger partial charge in [-0.1, -0.05) is 60.7 Å². The van der Waals surface area contributed by atoms with Gasteiger partial charge in [0.15, 0.2) is 0 Å². The van der Waals surface area contributed by atoms with E-state index in [2.05, 4.69) is 64.6 Å². The number of hydrogen-bond acceptors (Lipinski definition) is 3. The molecule has 122 valence electrons. The van der Waals surface area contributed by atoms with E-state index in [9.17, 15) is 0 Å². The average molecular weight is 317 g/mol. The molecule has 0 radical (unpaired) electrons. The maximum atomic E-state index is 6.29. The topological polar surface area (TPSA) is 51.8 Å². The molecular formula is C21H23N3. The number of nitrogens with zero attached hydrogens (tertiary/aromatic N) is 2. The Balaban J connectivity index is 1.56. The van der Waals surface area contributed by atoms with Crippen molar-refractivity contribution in [3.63, 3.8) is 0 Å². The molecule has 0 aliphatic carbocycles. The molecule has 2 aromatic carbocycles. The summed E-state index contributed by atoms with van der Waals surface area (Å²) in [6, 6.07) is 23.0. The van der Waals surface area contributed by atoms with Gasteiger partial charge in [0.2, 0.25) is 0 Å². The van der Waals surface area contributed by atoms with Crippen LogP contribution in [0.5, 0.6) is 0 Å². The van der Waals surface area contributed by atoms with Crippen LogP contribution in [0.25, 0.3) is 0 Å². The molecule has 3 rings (SSSR count). The van der Waals surface area contributed by atoms with E-state index in [1.165, 1.54) is 11.1 Å². The van der Waals surface area contributed by atoms with Gasteiger partial charge in [-0.05, 0) is 36.5 Å². The Morgan fingerprint density at radius 1 is 0.708 bits per heavy atom. The maximum Gasteiger partial charge on any atom is 0.115 e. The number of aromatic nitrogens is 2. The van der Waals surface area contributed by atoms with E-state index in [4.69, 9.17) is 5.73 Å². The Morgan fingerprint density at radius 3 is 2.04 bits per heavy atom. The summed E-state index contributed by atoms with van der Waals surface area (Å²) in [6.45, 7) is 0. The van der Waals surface area contributed by atoms with Crippen molar-refractivity contribution in [3.05, 3.63) is 95.6 Å². The minimum Gasteiger partial charge on any atom is -0.327 e. The first-order valence-corrected chi connectivity index (χ1v) is 8.43. The summed E-state index contributed by atoms with van der Waals surface area (Å²) in [4.78, 5) is 8.78. The van der Waals surface area contributed by atoms with Crippen LogP contribution in [0.2, 0.25) is 0 Å². The molecule has 0 aliphatic rings. The summed E-state index contributed by atoms with van der Waals surface area (Å²) in [5, 5.41) is 0. The molecule has 0 saturated heterocycles. The van der Waals surface area contributed by atoms with Crippen LogP contribution >= 0.6 is 0 Å². The van der Waals surface area contributed by atoms with Crippen molar-refractivity contribution in [1.82, 2.24) is 9.97 Å². The number of rotatable bonds is 7. The first-order chi connectivity index (χ1) is 11.8. The number of nitrogens with two attached hydrogens (primary N) is 1. The van der Waals surface area contributed by atoms with E-state index in [-0.39, 0.29) is 6.04 Å². The summed E-state index contributed by atoms with van der Waals surface area (Å²) >= 11 is 0. The van der Waals surface area contributed by atoms with Crippen molar-refractivity contribution in [3.8, 4) is 0 Å². The van der Waals surface area contributed by atoms with Crippen LogP contribution < -0.4 is 5.73 Å². The Bertz CT molecular complexity index is 741. The quantitative estimate of drug-likeness (QED) is 0.727. The summed E-state index contributed by atoms with van der Waals surface area (Å²) in [6.07, 6.45) is 5.21. The Hall–Kier alpha value is -2.52. The first kappa shape index (κ1) is 16.3. The highest BCUT2D eigenvalue weighted by Gasteiger charge is 2.08. The smallest absolute Gasteiger partial charge is 0.115 e. The van der Waals surface area contributed by atoms with Gasteiger partial charge in [0.05, 0.1) is 0 Å². The Kier molecular flexibility index (Phi) is 5.70. The molecule has 0 spiro atoms. The third-order valence-electron chi connectivity index (χ3n) is 4.11. The van der Waals surface area contributed by atoms with Crippen molar-refractivity contribution in [2.24, 2.45) is 5.73 Å². The van der Waals surface area contributed by atoms with Crippen LogP contribution in [0.1, 0.15) is 22.5 Å². The first-order valence-electron chi connectivity index (χ1n) is 8.43. The Morgan fingerprint density at radius 2 is 1.33 bits per heavy atom. The predicted molar refractivity (Wildman–Crippen MR) is 97.7 cm³/mol. The van der Waals surface area contributed by atoms with Gasteiger partial charge < -0.3 is 5.73 Å². The van der Waals surface area contributed by atoms with E-state index < -0.39 is 0 Å². The highest BCUT2D eigenvalue weighted by molar-refractivity contribution is 5.19. The zero-order valence-electron chi connectivity index (χ0n) is 13.8. The summed E-state index contributed by atoms with van der Waals surface area (Å²) in [5.41, 5.74) is 11.0. The van der Waals surface area contributed by atoms with Crippen molar-refractivity contribution >= 4 is 0 Å². The van der Waals surface area contributed by atoms with Crippen LogP contribution in [-0.4, -0.2) is 16.0 Å². The lowest BCUT2D eigenvalue weighted by Gasteiger charge is -2.11. The molecule has 3 heteroatoms. The van der Waals surface area contributed by atoms with Gasteiger partial charge >= 0.3 is 0 Å². The van der Waals surface area contributed by atoms with E-state index in [1.54, 1.807) is 6.33 Å². The van der Waals surface area contributed by atoms with E-state index in [0.29, 0.717) is 0 Å². The minimum absolute atomic E-state index is 0.0734. The lowest BCUT2D eigenvalue weighted by molar-refractivity contribution is 0.651. The zero-order valence-corrected chi connectivity index (χ0v) is 13.8. The maximum absolute atomic E-state index is 6.29. The fourth-order valence-corrected chi connectivity index (χ4v) is 2.87. The Labute approximate surface area is 143 Å². The molecule has 24 heavy (non-hydrogen) atoms. The van der Waals surface area contributed by atoms with Gasteiger partial charge in [0.1, 0.15) is 6.33 Å². The number of hydrogen-bond donors (Lipinski definition) is 1. The predicted octanol–water partition coefficient (Wildman–Crippen LogP) is 3.37. The molecule has 1 heterocycles. The van der Waals surface area contributed by atoms with Crippen molar-refractivity contribution < 1.29 is 0 Å². The third-order valence-corrected chi connectivity index (χ3v) is 4.11. The zero-order chi connectivity index (χ0) is 16.6. The summed E-state index contributed by atoms with van der Waals surface area (Å²) in [7, 11) is 0. The molecule has 0 saturated carbocycles. The molecule has 0 amide bonds. The highest BCUT2D eigenvalue weighted by atomic mass is 14.8. The fourth-order valence-electron chi connectivity index (χ4n) is 2.87. The van der Waals surface area contributed by atoms with Gasteiger partial charge in [-0.25, -0.2) is 9.97 Å². The van der Waals surface area contributed by atoms with Gasteiger partial charge in [-0.15, -0.1) is 0 Å². The van der Waals surface area contributed by atoms with E-state index in [1.807, 2.05) is 12.1 Å². The molecule has 1 unspecified atom stereocenters. The second-order valence-corrected chi connectivity index (χ2v) is 6.14. The molecule has 3 nitrogen and oxygen atoms in total. The second-order valence-electron chi connectivity index (χ2n) is 6.14. The number of aryl methyl sites for hydroxylation is 2. The average Bonchev–Trinajstić information content (AvgIpc) is 2.62. The SMILES string of the molecule is NC(Cc1ccccc1)Cc1cc(CCc2ccccc2)ncn1. The minimum atomic E-state index is 0.0734. The fraction of sp³-hybridized carbons (Fsp3) is 0.238. The monoisotopic (exact) mass is 317 g/mol. The van der Waals surface area contributed by atoms with Crippen molar-refractivity contribution in [1.29, 1.82) is 0 Å². The van der Waals surface area contributed by atoms with Gasteiger partial charge in [-0.3, -0.25) is 0 Å². The van der Waals surface area contributed by atoms with Crippen molar-refractivity contribution in [2.75, 3.05) is 0 Å². The van der Waals surface area contributed by atoms with Gasteiger partial charge in [-0.2, -0.15) is 0 Å². The standard InChI is InChI=1S/C21H23N3/c22-19(13-18-9-5-2-6-10-18)14-21-15-20(23-16-24-21)12-11-17-7-3-1-4-8-17/h1-10,15-16,19H,11-14,22H2. The number of benzene rings is 2. The molecular weight excluding hydrogens is 294 g/mol. The van der Waals surface area contributed by atoms with Crippen LogP contribution in [0.4, 0.5) is 0 Å². The van der Waals surface area contributed by atoms with Gasteiger partial charge in [0.25, 0.3) is 0 Å². The lowest BCUT2D eigenvalue weighted by atomic mass is 10.0. The van der Waals surface area contributed by atoms with Crippen LogP contribution in [0, 0.1) is 0 Å². The summed E-state index contributed by atoms with van der Waals surface area (Å²) in [5.74, 6) is 0. The lowest BCUT2D eigenvalue weighted by Crippen LogP contribution is -2.26. The van der Waals surface area contributed by atoms with Crippen LogP contribution in [0.3, 0.4) is 0 Å². The molecule has 1 atom stereocenters. The van der Waals surface area contributed by atoms with Gasteiger partial charge in [0, 0.05) is 23.9 Å². The largest absolute Gasteiger partial charge is 0.327 e. The molecule has 0 fully saturated rings. The third kappa shape index (κ3) is 5.00. The van der Waals surface area contributed by atoms with E-state index >= 15 is 0 Å². The van der Waals surface area contributed by atoms with Crippen LogP contribution in [0.15, 0.2) is 73.1 Å². The molecule has 3 aromatic rings. The molecule has 0 aliphatic heterocycles. The molecule has 2 N–H and O–H groups in total. The molecule has 1 aromatic heterocycles. The second kappa shape index (κ2) is 8.37. The van der Waals surface area contributed by atoms with Crippen LogP contribution in [-0.2, 0) is 25.7 Å². The summed E-state index contributed by atoms with van der Waals surface area (Å²) < 4.78 is 0.